The Morgan fingerprint density at radius 1 is 0.964 bits per heavy atom. The number of rotatable bonds is 3. The smallest absolute Gasteiger partial charge is 0.160 e. The molecular weight excluding hydrogens is 355 g/mol. The molecule has 5 nitrogen and oxygen atoms in total. The molecule has 0 spiro atoms. The van der Waals surface area contributed by atoms with Crippen LogP contribution in [0.25, 0.3) is 33.1 Å². The lowest BCUT2D eigenvalue weighted by Crippen LogP contribution is -2.38. The fourth-order valence-electron chi connectivity index (χ4n) is 4.01. The maximum Gasteiger partial charge on any atom is 0.160 e. The molecule has 1 fully saturated rings. The van der Waals surface area contributed by atoms with Crippen molar-refractivity contribution in [2.75, 3.05) is 32.8 Å². The number of morpholine rings is 1. The maximum atomic E-state index is 14.0. The highest BCUT2D eigenvalue weighted by molar-refractivity contribution is 6.06. The first kappa shape index (κ1) is 17.5. The van der Waals surface area contributed by atoms with Gasteiger partial charge in [0.05, 0.1) is 29.8 Å². The molecule has 144 valence electrons. The third-order valence-corrected chi connectivity index (χ3v) is 5.77. The number of halogens is 1. The van der Waals surface area contributed by atoms with Crippen LogP contribution in [0.1, 0.15) is 11.1 Å². The molecule has 4 aromatic rings. The average Bonchev–Trinajstić information content (AvgIpc) is 2.98. The number of fused-ring (bicyclic) bond motifs is 4. The summed E-state index contributed by atoms with van der Waals surface area (Å²) in [6.07, 6.45) is 0. The summed E-state index contributed by atoms with van der Waals surface area (Å²) >= 11 is 0. The minimum Gasteiger partial charge on any atom is -0.379 e. The third kappa shape index (κ3) is 2.93. The zero-order valence-electron chi connectivity index (χ0n) is 16.2. The van der Waals surface area contributed by atoms with E-state index < -0.39 is 0 Å². The molecular formula is C22H23FN4O. The lowest BCUT2D eigenvalue weighted by Gasteiger charge is -2.26. The Morgan fingerprint density at radius 3 is 2.43 bits per heavy atom. The molecule has 28 heavy (non-hydrogen) atoms. The van der Waals surface area contributed by atoms with Gasteiger partial charge in [-0.2, -0.15) is 0 Å². The molecule has 0 atom stereocenters. The van der Waals surface area contributed by atoms with E-state index in [-0.39, 0.29) is 5.82 Å². The van der Waals surface area contributed by atoms with Gasteiger partial charge in [0, 0.05) is 31.6 Å². The highest BCUT2D eigenvalue weighted by atomic mass is 19.1. The van der Waals surface area contributed by atoms with Crippen LogP contribution in [0, 0.1) is 19.7 Å². The Balaban J connectivity index is 1.69. The molecule has 0 N–H and O–H groups in total. The van der Waals surface area contributed by atoms with Crippen molar-refractivity contribution in [3.05, 3.63) is 47.3 Å². The van der Waals surface area contributed by atoms with Crippen LogP contribution in [0.4, 0.5) is 4.39 Å². The van der Waals surface area contributed by atoms with Crippen LogP contribution < -0.4 is 0 Å². The van der Waals surface area contributed by atoms with Crippen LogP contribution in [0.5, 0.6) is 0 Å². The van der Waals surface area contributed by atoms with Gasteiger partial charge in [-0.3, -0.25) is 4.90 Å². The Bertz CT molecular complexity index is 1190. The molecule has 0 radical (unpaired) electrons. The molecule has 0 unspecified atom stereocenters. The molecule has 0 amide bonds. The van der Waals surface area contributed by atoms with Crippen molar-refractivity contribution in [3.8, 4) is 0 Å². The first-order chi connectivity index (χ1) is 13.6. The second kappa shape index (κ2) is 6.79. The van der Waals surface area contributed by atoms with Gasteiger partial charge >= 0.3 is 0 Å². The zero-order chi connectivity index (χ0) is 19.3. The van der Waals surface area contributed by atoms with Gasteiger partial charge in [-0.05, 0) is 55.3 Å². The van der Waals surface area contributed by atoms with E-state index in [2.05, 4.69) is 35.4 Å². The Morgan fingerprint density at radius 2 is 1.68 bits per heavy atom. The van der Waals surface area contributed by atoms with Crippen LogP contribution in [0.2, 0.25) is 0 Å². The van der Waals surface area contributed by atoms with E-state index in [4.69, 9.17) is 14.7 Å². The minimum atomic E-state index is -0.248. The second-order valence-electron chi connectivity index (χ2n) is 7.59. The first-order valence-electron chi connectivity index (χ1n) is 9.77. The highest BCUT2D eigenvalue weighted by Crippen LogP contribution is 2.29. The van der Waals surface area contributed by atoms with Gasteiger partial charge in [-0.1, -0.05) is 0 Å². The first-order valence-corrected chi connectivity index (χ1v) is 9.77. The Labute approximate surface area is 162 Å². The van der Waals surface area contributed by atoms with E-state index in [0.717, 1.165) is 72.5 Å². The summed E-state index contributed by atoms with van der Waals surface area (Å²) in [5, 5.41) is 0.824. The molecule has 0 bridgehead atoms. The van der Waals surface area contributed by atoms with Crippen LogP contribution in [-0.4, -0.2) is 52.3 Å². The van der Waals surface area contributed by atoms with Crippen molar-refractivity contribution < 1.29 is 9.13 Å². The summed E-state index contributed by atoms with van der Waals surface area (Å²) < 4.78 is 21.6. The monoisotopic (exact) mass is 378 g/mol. The molecule has 6 heteroatoms. The normalized spacial score (nSPS) is 15.8. The number of ether oxygens (including phenoxy) is 1. The van der Waals surface area contributed by atoms with Crippen LogP contribution in [0.3, 0.4) is 0 Å². The topological polar surface area (TPSA) is 43.2 Å². The molecule has 2 aromatic carbocycles. The van der Waals surface area contributed by atoms with Gasteiger partial charge in [0.1, 0.15) is 11.3 Å². The van der Waals surface area contributed by atoms with Crippen molar-refractivity contribution in [1.82, 2.24) is 19.4 Å². The summed E-state index contributed by atoms with van der Waals surface area (Å²) in [6, 6.07) is 9.08. The van der Waals surface area contributed by atoms with E-state index in [1.807, 2.05) is 6.07 Å². The Kier molecular flexibility index (Phi) is 4.25. The predicted molar refractivity (Wildman–Crippen MR) is 109 cm³/mol. The van der Waals surface area contributed by atoms with E-state index in [9.17, 15) is 4.39 Å². The Hall–Kier alpha value is -2.57. The number of aromatic nitrogens is 3. The molecule has 0 aliphatic carbocycles. The van der Waals surface area contributed by atoms with Crippen LogP contribution in [0.15, 0.2) is 30.3 Å². The number of hydrogen-bond donors (Lipinski definition) is 0. The summed E-state index contributed by atoms with van der Waals surface area (Å²) in [5.74, 6) is -0.248. The van der Waals surface area contributed by atoms with E-state index >= 15 is 0 Å². The predicted octanol–water partition coefficient (Wildman–Crippen LogP) is 3.83. The molecule has 3 heterocycles. The summed E-state index contributed by atoms with van der Waals surface area (Å²) in [7, 11) is 0. The highest BCUT2D eigenvalue weighted by Gasteiger charge is 2.17. The summed E-state index contributed by atoms with van der Waals surface area (Å²) in [5.41, 5.74) is 6.69. The van der Waals surface area contributed by atoms with Gasteiger partial charge < -0.3 is 9.30 Å². The molecule has 2 aromatic heterocycles. The standard InChI is InChI=1S/C22H23FN4O/c1-14-11-18-19(12-15(14)2)25-22-21(24-18)17-13-16(23)3-4-20(17)27(22)6-5-26-7-9-28-10-8-26/h3-4,11-13H,5-10H2,1-2H3. The van der Waals surface area contributed by atoms with Crippen LogP contribution >= 0.6 is 0 Å². The van der Waals surface area contributed by atoms with Crippen molar-refractivity contribution in [3.63, 3.8) is 0 Å². The quantitative estimate of drug-likeness (QED) is 0.544. The lowest BCUT2D eigenvalue weighted by atomic mass is 10.1. The number of hydrogen-bond acceptors (Lipinski definition) is 4. The van der Waals surface area contributed by atoms with Gasteiger partial charge in [0.15, 0.2) is 5.65 Å². The van der Waals surface area contributed by atoms with Gasteiger partial charge in [-0.15, -0.1) is 0 Å². The fraction of sp³-hybridized carbons (Fsp3) is 0.364. The van der Waals surface area contributed by atoms with Gasteiger partial charge in [0.2, 0.25) is 0 Å². The summed E-state index contributed by atoms with van der Waals surface area (Å²) in [4.78, 5) is 12.2. The van der Waals surface area contributed by atoms with Crippen molar-refractivity contribution >= 4 is 33.1 Å². The average molecular weight is 378 g/mol. The van der Waals surface area contributed by atoms with Gasteiger partial charge in [0.25, 0.3) is 0 Å². The second-order valence-corrected chi connectivity index (χ2v) is 7.59. The number of aryl methyl sites for hydroxylation is 2. The third-order valence-electron chi connectivity index (χ3n) is 5.77. The molecule has 1 aliphatic heterocycles. The minimum absolute atomic E-state index is 0.248. The van der Waals surface area contributed by atoms with Crippen LogP contribution in [-0.2, 0) is 11.3 Å². The van der Waals surface area contributed by atoms with Crippen molar-refractivity contribution in [2.45, 2.75) is 20.4 Å². The SMILES string of the molecule is Cc1cc2nc3c4cc(F)ccc4n(CCN4CCOCC4)c3nc2cc1C. The summed E-state index contributed by atoms with van der Waals surface area (Å²) in [6.45, 7) is 9.31. The molecule has 1 saturated heterocycles. The molecule has 5 rings (SSSR count). The van der Waals surface area contributed by atoms with Crippen molar-refractivity contribution in [2.24, 2.45) is 0 Å². The van der Waals surface area contributed by atoms with E-state index in [0.29, 0.717) is 0 Å². The zero-order valence-corrected chi connectivity index (χ0v) is 16.2. The maximum absolute atomic E-state index is 14.0. The van der Waals surface area contributed by atoms with Gasteiger partial charge in [-0.25, -0.2) is 14.4 Å². The molecule has 0 saturated carbocycles. The number of nitrogens with zero attached hydrogens (tertiary/aromatic N) is 4. The number of benzene rings is 2. The van der Waals surface area contributed by atoms with E-state index in [1.165, 1.54) is 17.2 Å². The molecule has 1 aliphatic rings. The fourth-order valence-corrected chi connectivity index (χ4v) is 4.01. The largest absolute Gasteiger partial charge is 0.379 e. The van der Waals surface area contributed by atoms with Crippen molar-refractivity contribution in [1.29, 1.82) is 0 Å². The van der Waals surface area contributed by atoms with E-state index in [1.54, 1.807) is 6.07 Å². The lowest BCUT2D eigenvalue weighted by molar-refractivity contribution is 0.0366.